The lowest BCUT2D eigenvalue weighted by atomic mass is 10.1. The summed E-state index contributed by atoms with van der Waals surface area (Å²) in [6, 6.07) is 5.09. The van der Waals surface area contributed by atoms with E-state index in [1.54, 1.807) is 45.9 Å². The lowest BCUT2D eigenvalue weighted by Crippen LogP contribution is -2.34. The molecule has 136 valence electrons. The molecule has 0 aliphatic carbocycles. The zero-order valence-electron chi connectivity index (χ0n) is 15.7. The SMILES string of the molecule is CC.COC(=O)c1ccc(OCCNC(=O)OC(C)(C)C)cc1C. The maximum absolute atomic E-state index is 11.5. The van der Waals surface area contributed by atoms with Gasteiger partial charge in [0.15, 0.2) is 0 Å². The second-order valence-electron chi connectivity index (χ2n) is 5.75. The largest absolute Gasteiger partial charge is 0.492 e. The minimum absolute atomic E-state index is 0.302. The van der Waals surface area contributed by atoms with Crippen molar-refractivity contribution in [3.63, 3.8) is 0 Å². The summed E-state index contributed by atoms with van der Waals surface area (Å²) in [5.41, 5.74) is 0.748. The molecule has 6 heteroatoms. The highest BCUT2D eigenvalue weighted by molar-refractivity contribution is 5.91. The van der Waals surface area contributed by atoms with E-state index in [0.717, 1.165) is 5.56 Å². The molecule has 1 N–H and O–H groups in total. The smallest absolute Gasteiger partial charge is 0.407 e. The third-order valence-electron chi connectivity index (χ3n) is 2.64. The van der Waals surface area contributed by atoms with Gasteiger partial charge >= 0.3 is 12.1 Å². The highest BCUT2D eigenvalue weighted by Gasteiger charge is 2.15. The molecule has 0 atom stereocenters. The molecule has 1 rings (SSSR count). The number of carbonyl (C=O) groups is 2. The minimum Gasteiger partial charge on any atom is -0.492 e. The number of carbonyl (C=O) groups excluding carboxylic acids is 2. The van der Waals surface area contributed by atoms with Crippen molar-refractivity contribution in [2.45, 2.75) is 47.1 Å². The van der Waals surface area contributed by atoms with Crippen LogP contribution in [0.15, 0.2) is 18.2 Å². The summed E-state index contributed by atoms with van der Waals surface area (Å²) in [7, 11) is 1.34. The van der Waals surface area contributed by atoms with Crippen molar-refractivity contribution in [3.05, 3.63) is 29.3 Å². The highest BCUT2D eigenvalue weighted by atomic mass is 16.6. The normalized spacial score (nSPS) is 10.1. The van der Waals surface area contributed by atoms with E-state index >= 15 is 0 Å². The number of alkyl carbamates (subject to hydrolysis) is 1. The predicted octanol–water partition coefficient (Wildman–Crippen LogP) is 3.71. The number of nitrogens with one attached hydrogen (secondary N) is 1. The van der Waals surface area contributed by atoms with Gasteiger partial charge in [-0.2, -0.15) is 0 Å². The first kappa shape index (κ1) is 21.8. The first-order valence-electron chi connectivity index (χ1n) is 8.01. The Balaban J connectivity index is 0.00000254. The van der Waals surface area contributed by atoms with E-state index in [9.17, 15) is 9.59 Å². The Morgan fingerprint density at radius 2 is 1.79 bits per heavy atom. The Morgan fingerprint density at radius 3 is 2.29 bits per heavy atom. The number of benzene rings is 1. The van der Waals surface area contributed by atoms with Crippen LogP contribution in [0.5, 0.6) is 5.75 Å². The second kappa shape index (κ2) is 10.5. The number of methoxy groups -OCH3 is 1. The van der Waals surface area contributed by atoms with Crippen molar-refractivity contribution in [1.82, 2.24) is 5.32 Å². The average Bonchev–Trinajstić information content (AvgIpc) is 2.51. The van der Waals surface area contributed by atoms with Crippen molar-refractivity contribution in [1.29, 1.82) is 0 Å². The van der Waals surface area contributed by atoms with Gasteiger partial charge in [-0.3, -0.25) is 0 Å². The second-order valence-corrected chi connectivity index (χ2v) is 5.75. The third-order valence-corrected chi connectivity index (χ3v) is 2.64. The number of hydrogen-bond acceptors (Lipinski definition) is 5. The molecule has 0 unspecified atom stereocenters. The lowest BCUT2D eigenvalue weighted by molar-refractivity contribution is 0.0518. The van der Waals surface area contributed by atoms with E-state index in [4.69, 9.17) is 9.47 Å². The Hall–Kier alpha value is -2.24. The van der Waals surface area contributed by atoms with Gasteiger partial charge in [0.05, 0.1) is 19.2 Å². The Morgan fingerprint density at radius 1 is 1.17 bits per heavy atom. The van der Waals surface area contributed by atoms with Crippen LogP contribution in [0.4, 0.5) is 4.79 Å². The quantitative estimate of drug-likeness (QED) is 0.654. The molecule has 0 spiro atoms. The van der Waals surface area contributed by atoms with Crippen LogP contribution in [-0.4, -0.2) is 37.9 Å². The number of esters is 1. The Bertz CT molecular complexity index is 535. The summed E-state index contributed by atoms with van der Waals surface area (Å²) in [6.45, 7) is 11.8. The molecule has 1 amide bonds. The fraction of sp³-hybridized carbons (Fsp3) is 0.556. The molecule has 6 nitrogen and oxygen atoms in total. The summed E-state index contributed by atoms with van der Waals surface area (Å²) in [4.78, 5) is 22.9. The minimum atomic E-state index is -0.522. The molecule has 0 aromatic heterocycles. The van der Waals surface area contributed by atoms with Gasteiger partial charge in [0.25, 0.3) is 0 Å². The zero-order chi connectivity index (χ0) is 18.8. The van der Waals surface area contributed by atoms with Gasteiger partial charge in [-0.05, 0) is 51.5 Å². The van der Waals surface area contributed by atoms with Crippen molar-refractivity contribution >= 4 is 12.1 Å². The van der Waals surface area contributed by atoms with E-state index in [-0.39, 0.29) is 5.97 Å². The molecule has 0 saturated heterocycles. The van der Waals surface area contributed by atoms with Gasteiger partial charge < -0.3 is 19.5 Å². The van der Waals surface area contributed by atoms with E-state index < -0.39 is 11.7 Å². The summed E-state index contributed by atoms with van der Waals surface area (Å²) in [5, 5.41) is 2.60. The Kier molecular flexibility index (Phi) is 9.54. The maximum atomic E-state index is 11.5. The standard InChI is InChI=1S/C16H23NO5.C2H6/c1-11-10-12(6-7-13(11)14(18)20-5)21-9-8-17-15(19)22-16(2,3)4;1-2/h6-7,10H,8-9H2,1-5H3,(H,17,19);1-2H3. The summed E-state index contributed by atoms with van der Waals surface area (Å²) in [6.07, 6.45) is -0.478. The van der Waals surface area contributed by atoms with Crippen molar-refractivity contribution in [2.24, 2.45) is 0 Å². The van der Waals surface area contributed by atoms with Crippen molar-refractivity contribution in [2.75, 3.05) is 20.3 Å². The predicted molar refractivity (Wildman–Crippen MR) is 93.6 cm³/mol. The van der Waals surface area contributed by atoms with Crippen LogP contribution in [0.3, 0.4) is 0 Å². The molecular weight excluding hydrogens is 310 g/mol. The lowest BCUT2D eigenvalue weighted by Gasteiger charge is -2.19. The summed E-state index contributed by atoms with van der Waals surface area (Å²) in [5.74, 6) is 0.242. The van der Waals surface area contributed by atoms with Gasteiger partial charge in [0.1, 0.15) is 18.0 Å². The molecule has 0 saturated carbocycles. The number of ether oxygens (including phenoxy) is 3. The van der Waals surface area contributed by atoms with E-state index in [1.165, 1.54) is 7.11 Å². The van der Waals surface area contributed by atoms with Crippen LogP contribution in [0, 0.1) is 6.92 Å². The number of hydrogen-bond donors (Lipinski definition) is 1. The number of amides is 1. The fourth-order valence-electron chi connectivity index (χ4n) is 1.70. The number of rotatable bonds is 5. The zero-order valence-corrected chi connectivity index (χ0v) is 15.7. The van der Waals surface area contributed by atoms with Crippen LogP contribution >= 0.6 is 0 Å². The van der Waals surface area contributed by atoms with Crippen molar-refractivity contribution < 1.29 is 23.8 Å². The van der Waals surface area contributed by atoms with E-state index in [0.29, 0.717) is 24.5 Å². The first-order valence-corrected chi connectivity index (χ1v) is 8.01. The van der Waals surface area contributed by atoms with Gasteiger partial charge in [0.2, 0.25) is 0 Å². The molecule has 0 bridgehead atoms. The fourth-order valence-corrected chi connectivity index (χ4v) is 1.70. The van der Waals surface area contributed by atoms with Crippen molar-refractivity contribution in [3.8, 4) is 5.75 Å². The van der Waals surface area contributed by atoms with Crippen LogP contribution in [0.2, 0.25) is 0 Å². The third kappa shape index (κ3) is 8.41. The van der Waals surface area contributed by atoms with Gasteiger partial charge in [-0.1, -0.05) is 13.8 Å². The summed E-state index contributed by atoms with van der Waals surface area (Å²) < 4.78 is 15.3. The molecule has 0 aliphatic rings. The van der Waals surface area contributed by atoms with E-state index in [2.05, 4.69) is 10.1 Å². The average molecular weight is 339 g/mol. The Labute approximate surface area is 144 Å². The molecule has 0 radical (unpaired) electrons. The van der Waals surface area contributed by atoms with Crippen LogP contribution in [-0.2, 0) is 9.47 Å². The van der Waals surface area contributed by atoms with Gasteiger partial charge in [-0.15, -0.1) is 0 Å². The maximum Gasteiger partial charge on any atom is 0.407 e. The molecular formula is C18H29NO5. The molecule has 0 fully saturated rings. The highest BCUT2D eigenvalue weighted by Crippen LogP contribution is 2.17. The van der Waals surface area contributed by atoms with Crippen LogP contribution in [0.25, 0.3) is 0 Å². The monoisotopic (exact) mass is 339 g/mol. The first-order chi connectivity index (χ1) is 11.2. The summed E-state index contributed by atoms with van der Waals surface area (Å²) >= 11 is 0. The number of aryl methyl sites for hydroxylation is 1. The topological polar surface area (TPSA) is 73.9 Å². The molecule has 1 aromatic carbocycles. The molecule has 1 aromatic rings. The van der Waals surface area contributed by atoms with Crippen LogP contribution in [0.1, 0.15) is 50.5 Å². The van der Waals surface area contributed by atoms with Gasteiger partial charge in [0, 0.05) is 0 Å². The molecule has 0 heterocycles. The van der Waals surface area contributed by atoms with Crippen LogP contribution < -0.4 is 10.1 Å². The molecule has 24 heavy (non-hydrogen) atoms. The van der Waals surface area contributed by atoms with E-state index in [1.807, 2.05) is 13.8 Å². The molecule has 0 aliphatic heterocycles. The van der Waals surface area contributed by atoms with Gasteiger partial charge in [-0.25, -0.2) is 9.59 Å².